The van der Waals surface area contributed by atoms with Crippen LogP contribution in [0.1, 0.15) is 37.8 Å². The van der Waals surface area contributed by atoms with Crippen LogP contribution in [0.3, 0.4) is 0 Å². The number of non-ortho nitro benzene ring substituents is 1. The van der Waals surface area contributed by atoms with Crippen molar-refractivity contribution >= 4 is 29.7 Å². The standard InChI is InChI=1S/C18H18N4O5S/c1-8(2)27-17(24)12-9(3)19-15-14(16(23)21-18(28)20-15)13(12)10-5-4-6-11(7-10)22(25)26/h4-8,13H,1-3H3,(H3,19,20,21,23,28). The number of nitrogens with one attached hydrogen (secondary N) is 3. The Balaban J connectivity index is 2.29. The molecule has 2 heterocycles. The van der Waals surface area contributed by atoms with E-state index in [1.165, 1.54) is 18.2 Å². The molecule has 1 atom stereocenters. The number of nitro benzene ring substituents is 1. The lowest BCUT2D eigenvalue weighted by Gasteiger charge is -2.29. The molecule has 0 spiro atoms. The second-order valence-electron chi connectivity index (χ2n) is 6.60. The lowest BCUT2D eigenvalue weighted by molar-refractivity contribution is -0.384. The van der Waals surface area contributed by atoms with Crippen LogP contribution in [-0.4, -0.2) is 27.0 Å². The zero-order valence-corrected chi connectivity index (χ0v) is 16.2. The number of nitro groups is 1. The van der Waals surface area contributed by atoms with Gasteiger partial charge in [0.1, 0.15) is 5.82 Å². The number of nitrogens with zero attached hydrogens (tertiary/aromatic N) is 1. The molecule has 0 saturated carbocycles. The number of hydrogen-bond donors (Lipinski definition) is 3. The van der Waals surface area contributed by atoms with Gasteiger partial charge in [-0.15, -0.1) is 0 Å². The van der Waals surface area contributed by atoms with Gasteiger partial charge in [-0.2, -0.15) is 0 Å². The quantitative estimate of drug-likeness (QED) is 0.310. The van der Waals surface area contributed by atoms with Crippen LogP contribution in [0.2, 0.25) is 0 Å². The first-order valence-corrected chi connectivity index (χ1v) is 8.89. The molecule has 3 rings (SSSR count). The number of rotatable bonds is 4. The second-order valence-corrected chi connectivity index (χ2v) is 7.01. The van der Waals surface area contributed by atoms with Gasteiger partial charge < -0.3 is 15.0 Å². The van der Waals surface area contributed by atoms with Gasteiger partial charge in [0.25, 0.3) is 11.2 Å². The smallest absolute Gasteiger partial charge is 0.337 e. The van der Waals surface area contributed by atoms with Gasteiger partial charge in [0, 0.05) is 17.8 Å². The second kappa shape index (κ2) is 7.39. The third-order valence-electron chi connectivity index (χ3n) is 4.25. The summed E-state index contributed by atoms with van der Waals surface area (Å²) in [5, 5.41) is 14.2. The lowest BCUT2D eigenvalue weighted by Crippen LogP contribution is -2.31. The maximum Gasteiger partial charge on any atom is 0.337 e. The minimum absolute atomic E-state index is 0.120. The number of ether oxygens (including phenoxy) is 1. The fourth-order valence-corrected chi connectivity index (χ4v) is 3.38. The summed E-state index contributed by atoms with van der Waals surface area (Å²) in [6, 6.07) is 5.83. The molecule has 2 aromatic rings. The molecule has 0 radical (unpaired) electrons. The van der Waals surface area contributed by atoms with Crippen molar-refractivity contribution in [1.29, 1.82) is 0 Å². The SMILES string of the molecule is CC1=C(C(=O)OC(C)C)C(c2cccc([N+](=O)[O-])c2)c2c([nH]c(=S)[nH]c2=O)N1. The average molecular weight is 402 g/mol. The van der Waals surface area contributed by atoms with Crippen LogP contribution in [-0.2, 0) is 9.53 Å². The number of carbonyl (C=O) groups excluding carboxylic acids is 1. The molecule has 1 aromatic carbocycles. The van der Waals surface area contributed by atoms with Crippen molar-refractivity contribution < 1.29 is 14.5 Å². The zero-order chi connectivity index (χ0) is 20.6. The van der Waals surface area contributed by atoms with Crippen LogP contribution in [0.5, 0.6) is 0 Å². The molecule has 146 valence electrons. The molecule has 3 N–H and O–H groups in total. The number of carbonyl (C=O) groups is 1. The molecule has 1 unspecified atom stereocenters. The summed E-state index contributed by atoms with van der Waals surface area (Å²) in [5.41, 5.74) is 0.652. The highest BCUT2D eigenvalue weighted by atomic mass is 32.1. The first-order chi connectivity index (χ1) is 13.2. The molecule has 0 amide bonds. The Bertz CT molecular complexity index is 1120. The number of benzene rings is 1. The lowest BCUT2D eigenvalue weighted by atomic mass is 9.82. The van der Waals surface area contributed by atoms with Crippen molar-refractivity contribution in [2.24, 2.45) is 0 Å². The summed E-state index contributed by atoms with van der Waals surface area (Å²) < 4.78 is 5.47. The minimum Gasteiger partial charge on any atom is -0.460 e. The highest BCUT2D eigenvalue weighted by molar-refractivity contribution is 7.71. The number of H-pyrrole nitrogens is 2. The van der Waals surface area contributed by atoms with Crippen molar-refractivity contribution in [3.05, 3.63) is 71.9 Å². The fourth-order valence-electron chi connectivity index (χ4n) is 3.19. The molecule has 10 heteroatoms. The van der Waals surface area contributed by atoms with Crippen LogP contribution in [0, 0.1) is 14.9 Å². The van der Waals surface area contributed by atoms with E-state index in [0.717, 1.165) is 0 Å². The largest absolute Gasteiger partial charge is 0.460 e. The molecule has 1 aliphatic rings. The molecule has 1 aliphatic heterocycles. The van der Waals surface area contributed by atoms with Gasteiger partial charge in [0.2, 0.25) is 0 Å². The summed E-state index contributed by atoms with van der Waals surface area (Å²) in [4.78, 5) is 41.6. The van der Waals surface area contributed by atoms with Crippen LogP contribution < -0.4 is 10.9 Å². The molecule has 1 aromatic heterocycles. The first kappa shape index (κ1) is 19.5. The highest BCUT2D eigenvalue weighted by Crippen LogP contribution is 2.40. The number of fused-ring (bicyclic) bond motifs is 1. The molecule has 0 saturated heterocycles. The zero-order valence-electron chi connectivity index (χ0n) is 15.4. The van der Waals surface area contributed by atoms with Crippen molar-refractivity contribution in [2.75, 3.05) is 5.32 Å². The van der Waals surface area contributed by atoms with E-state index in [1.807, 2.05) is 0 Å². The van der Waals surface area contributed by atoms with Crippen LogP contribution >= 0.6 is 12.2 Å². The van der Waals surface area contributed by atoms with E-state index in [-0.39, 0.29) is 27.7 Å². The number of allylic oxidation sites excluding steroid dienone is 1. The Labute approximate surface area is 164 Å². The molecule has 0 bridgehead atoms. The maximum absolute atomic E-state index is 12.8. The Kier molecular flexibility index (Phi) is 5.14. The molecular formula is C18H18N4O5S. The normalized spacial score (nSPS) is 15.8. The van der Waals surface area contributed by atoms with E-state index >= 15 is 0 Å². The monoisotopic (exact) mass is 402 g/mol. The Morgan fingerprint density at radius 2 is 2.04 bits per heavy atom. The maximum atomic E-state index is 12.8. The van der Waals surface area contributed by atoms with Gasteiger partial charge in [-0.25, -0.2) is 4.79 Å². The Morgan fingerprint density at radius 3 is 2.68 bits per heavy atom. The number of aromatic nitrogens is 2. The average Bonchev–Trinajstić information content (AvgIpc) is 2.59. The van der Waals surface area contributed by atoms with E-state index in [2.05, 4.69) is 15.3 Å². The van der Waals surface area contributed by atoms with Gasteiger partial charge >= 0.3 is 5.97 Å². The summed E-state index contributed by atoms with van der Waals surface area (Å²) >= 11 is 5.02. The van der Waals surface area contributed by atoms with Gasteiger partial charge in [0.05, 0.1) is 28.1 Å². The minimum atomic E-state index is -0.863. The third-order valence-corrected chi connectivity index (χ3v) is 4.45. The van der Waals surface area contributed by atoms with Gasteiger partial charge in [-0.05, 0) is 38.6 Å². The summed E-state index contributed by atoms with van der Waals surface area (Å²) in [6.07, 6.45) is -0.375. The molecular weight excluding hydrogens is 384 g/mol. The highest BCUT2D eigenvalue weighted by Gasteiger charge is 2.36. The number of anilines is 1. The first-order valence-electron chi connectivity index (χ1n) is 8.48. The van der Waals surface area contributed by atoms with Gasteiger partial charge in [0.15, 0.2) is 4.77 Å². The van der Waals surface area contributed by atoms with E-state index in [0.29, 0.717) is 17.1 Å². The Hall–Kier alpha value is -3.27. The van der Waals surface area contributed by atoms with Crippen molar-refractivity contribution in [3.8, 4) is 0 Å². The van der Waals surface area contributed by atoms with Crippen molar-refractivity contribution in [2.45, 2.75) is 32.8 Å². The van der Waals surface area contributed by atoms with E-state index in [9.17, 15) is 19.7 Å². The topological polar surface area (TPSA) is 130 Å². The van der Waals surface area contributed by atoms with Gasteiger partial charge in [-0.1, -0.05) is 12.1 Å². The van der Waals surface area contributed by atoms with Gasteiger partial charge in [-0.3, -0.25) is 19.9 Å². The number of esters is 1. The number of aromatic amines is 2. The molecule has 0 aliphatic carbocycles. The summed E-state index contributed by atoms with van der Waals surface area (Å²) in [6.45, 7) is 5.09. The van der Waals surface area contributed by atoms with Crippen molar-refractivity contribution in [3.63, 3.8) is 0 Å². The van der Waals surface area contributed by atoms with E-state index < -0.39 is 22.4 Å². The van der Waals surface area contributed by atoms with Crippen molar-refractivity contribution in [1.82, 2.24) is 9.97 Å². The van der Waals surface area contributed by atoms with Crippen LogP contribution in [0.4, 0.5) is 11.5 Å². The predicted molar refractivity (Wildman–Crippen MR) is 105 cm³/mol. The van der Waals surface area contributed by atoms with Crippen LogP contribution in [0.15, 0.2) is 40.3 Å². The van der Waals surface area contributed by atoms with E-state index in [1.54, 1.807) is 26.8 Å². The summed E-state index contributed by atoms with van der Waals surface area (Å²) in [7, 11) is 0. The van der Waals surface area contributed by atoms with E-state index in [4.69, 9.17) is 17.0 Å². The fraction of sp³-hybridized carbons (Fsp3) is 0.278. The Morgan fingerprint density at radius 1 is 1.32 bits per heavy atom. The molecule has 0 fully saturated rings. The summed E-state index contributed by atoms with van der Waals surface area (Å²) in [5.74, 6) is -1.13. The third kappa shape index (κ3) is 3.58. The molecule has 9 nitrogen and oxygen atoms in total. The predicted octanol–water partition coefficient (Wildman–Crippen LogP) is 3.12. The molecule has 28 heavy (non-hydrogen) atoms. The van der Waals surface area contributed by atoms with Crippen LogP contribution in [0.25, 0.3) is 0 Å². The number of hydrogen-bond acceptors (Lipinski definition) is 7.